The van der Waals surface area contributed by atoms with Gasteiger partial charge >= 0.3 is 6.36 Å². The van der Waals surface area contributed by atoms with Gasteiger partial charge in [-0.1, -0.05) is 23.2 Å². The SMILES string of the molecule is CC(C#N)(Cn1cc2c(Cl)cc(Cl)cc2n1)c1cc(OC(F)(F)F)ccc1C(N)=O. The summed E-state index contributed by atoms with van der Waals surface area (Å²) in [6.07, 6.45) is -3.37. The van der Waals surface area contributed by atoms with Crippen molar-refractivity contribution in [3.8, 4) is 11.8 Å². The van der Waals surface area contributed by atoms with Crippen LogP contribution in [-0.2, 0) is 12.0 Å². The summed E-state index contributed by atoms with van der Waals surface area (Å²) in [7, 11) is 0. The standard InChI is InChI=1S/C19H13Cl2F3N4O2/c1-18(8-25,9-28-7-13-15(21)4-10(20)5-16(13)27-28)14-6-11(30-19(22,23)24)2-3-12(14)17(26)29/h2-7H,9H2,1H3,(H2,26,29). The first-order valence-corrected chi connectivity index (χ1v) is 9.11. The van der Waals surface area contributed by atoms with Gasteiger partial charge in [0.25, 0.3) is 0 Å². The zero-order valence-corrected chi connectivity index (χ0v) is 16.8. The van der Waals surface area contributed by atoms with E-state index in [1.54, 1.807) is 12.3 Å². The molecule has 6 nitrogen and oxygen atoms in total. The highest BCUT2D eigenvalue weighted by Gasteiger charge is 2.35. The normalized spacial score (nSPS) is 13.6. The van der Waals surface area contributed by atoms with Crippen LogP contribution in [0, 0.1) is 11.3 Å². The number of rotatable bonds is 5. The molecule has 1 atom stereocenters. The van der Waals surface area contributed by atoms with Crippen LogP contribution in [0.5, 0.6) is 5.75 Å². The van der Waals surface area contributed by atoms with Gasteiger partial charge in [0, 0.05) is 22.2 Å². The van der Waals surface area contributed by atoms with Crippen molar-refractivity contribution in [2.45, 2.75) is 25.2 Å². The summed E-state index contributed by atoms with van der Waals surface area (Å²) in [5, 5.41) is 15.5. The first kappa shape index (κ1) is 21.7. The van der Waals surface area contributed by atoms with Crippen LogP contribution in [0.3, 0.4) is 0 Å². The highest BCUT2D eigenvalue weighted by Crippen LogP contribution is 2.34. The van der Waals surface area contributed by atoms with E-state index in [1.165, 1.54) is 17.7 Å². The monoisotopic (exact) mass is 456 g/mol. The molecule has 1 aromatic heterocycles. The maximum absolute atomic E-state index is 12.6. The summed E-state index contributed by atoms with van der Waals surface area (Å²) >= 11 is 12.1. The van der Waals surface area contributed by atoms with Gasteiger partial charge in [-0.25, -0.2) is 0 Å². The maximum Gasteiger partial charge on any atom is 0.573 e. The molecule has 1 amide bonds. The van der Waals surface area contributed by atoms with Crippen molar-refractivity contribution >= 4 is 40.0 Å². The third-order valence-electron chi connectivity index (χ3n) is 4.40. The van der Waals surface area contributed by atoms with E-state index in [2.05, 4.69) is 9.84 Å². The van der Waals surface area contributed by atoms with E-state index in [0.29, 0.717) is 20.9 Å². The summed E-state index contributed by atoms with van der Waals surface area (Å²) < 4.78 is 43.2. The molecule has 0 spiro atoms. The third-order valence-corrected chi connectivity index (χ3v) is 4.93. The van der Waals surface area contributed by atoms with E-state index in [4.69, 9.17) is 28.9 Å². The zero-order valence-electron chi connectivity index (χ0n) is 15.3. The number of ether oxygens (including phenoxy) is 1. The van der Waals surface area contributed by atoms with Gasteiger partial charge in [0.15, 0.2) is 0 Å². The Morgan fingerprint density at radius 3 is 2.60 bits per heavy atom. The molecule has 0 fully saturated rings. The molecule has 30 heavy (non-hydrogen) atoms. The highest BCUT2D eigenvalue weighted by atomic mass is 35.5. The first-order chi connectivity index (χ1) is 13.9. The minimum atomic E-state index is -4.94. The number of primary amides is 1. The van der Waals surface area contributed by atoms with Gasteiger partial charge < -0.3 is 10.5 Å². The van der Waals surface area contributed by atoms with E-state index in [1.807, 2.05) is 6.07 Å². The van der Waals surface area contributed by atoms with E-state index < -0.39 is 23.4 Å². The predicted molar refractivity (Wildman–Crippen MR) is 104 cm³/mol. The summed E-state index contributed by atoms with van der Waals surface area (Å²) in [5.74, 6) is -1.48. The second-order valence-corrected chi connectivity index (χ2v) is 7.55. The van der Waals surface area contributed by atoms with Crippen LogP contribution >= 0.6 is 23.2 Å². The lowest BCUT2D eigenvalue weighted by atomic mass is 9.80. The number of fused-ring (bicyclic) bond motifs is 1. The van der Waals surface area contributed by atoms with Gasteiger partial charge in [0.2, 0.25) is 5.91 Å². The zero-order chi connectivity index (χ0) is 22.3. The Hall–Kier alpha value is -2.96. The maximum atomic E-state index is 12.6. The molecule has 0 saturated carbocycles. The van der Waals surface area contributed by atoms with Crippen LogP contribution in [0.2, 0.25) is 10.0 Å². The number of nitriles is 1. The van der Waals surface area contributed by atoms with Crippen molar-refractivity contribution in [2.24, 2.45) is 5.73 Å². The Balaban J connectivity index is 2.09. The van der Waals surface area contributed by atoms with Crippen molar-refractivity contribution in [3.05, 3.63) is 57.7 Å². The number of carbonyl (C=O) groups is 1. The molecule has 0 radical (unpaired) electrons. The van der Waals surface area contributed by atoms with Crippen molar-refractivity contribution in [1.82, 2.24) is 9.78 Å². The molecular formula is C19H13Cl2F3N4O2. The third kappa shape index (κ3) is 4.45. The lowest BCUT2D eigenvalue weighted by molar-refractivity contribution is -0.274. The van der Waals surface area contributed by atoms with Crippen molar-refractivity contribution < 1.29 is 22.7 Å². The smallest absolute Gasteiger partial charge is 0.406 e. The van der Waals surface area contributed by atoms with E-state index >= 15 is 0 Å². The van der Waals surface area contributed by atoms with Crippen LogP contribution in [0.15, 0.2) is 36.5 Å². The Kier molecular flexibility index (Phi) is 5.58. The minimum absolute atomic E-state index is 0.0251. The topological polar surface area (TPSA) is 93.9 Å². The lowest BCUT2D eigenvalue weighted by Gasteiger charge is -2.25. The number of benzene rings is 2. The lowest BCUT2D eigenvalue weighted by Crippen LogP contribution is -2.30. The average molecular weight is 457 g/mol. The molecule has 156 valence electrons. The van der Waals surface area contributed by atoms with Crippen LogP contribution in [0.25, 0.3) is 10.9 Å². The Labute approximate surface area is 178 Å². The second kappa shape index (κ2) is 7.70. The van der Waals surface area contributed by atoms with Crippen LogP contribution in [0.1, 0.15) is 22.8 Å². The van der Waals surface area contributed by atoms with Gasteiger partial charge in [-0.05, 0) is 42.8 Å². The van der Waals surface area contributed by atoms with Crippen molar-refractivity contribution in [1.29, 1.82) is 5.26 Å². The van der Waals surface area contributed by atoms with Crippen LogP contribution in [0.4, 0.5) is 13.2 Å². The molecule has 0 aliphatic carbocycles. The molecule has 11 heteroatoms. The largest absolute Gasteiger partial charge is 0.573 e. The number of hydrogen-bond acceptors (Lipinski definition) is 4. The molecular weight excluding hydrogens is 444 g/mol. The minimum Gasteiger partial charge on any atom is -0.406 e. The highest BCUT2D eigenvalue weighted by molar-refractivity contribution is 6.38. The number of halogens is 5. The van der Waals surface area contributed by atoms with Crippen molar-refractivity contribution in [2.75, 3.05) is 0 Å². The van der Waals surface area contributed by atoms with Crippen LogP contribution < -0.4 is 10.5 Å². The summed E-state index contributed by atoms with van der Waals surface area (Å²) in [6.45, 7) is 1.34. The average Bonchev–Trinajstić information content (AvgIpc) is 3.02. The van der Waals surface area contributed by atoms with Crippen molar-refractivity contribution in [3.63, 3.8) is 0 Å². The molecule has 0 aliphatic heterocycles. The van der Waals surface area contributed by atoms with E-state index in [-0.39, 0.29) is 17.7 Å². The fourth-order valence-electron chi connectivity index (χ4n) is 3.08. The first-order valence-electron chi connectivity index (χ1n) is 8.35. The summed E-state index contributed by atoms with van der Waals surface area (Å²) in [5.41, 5.74) is 4.23. The molecule has 0 saturated heterocycles. The summed E-state index contributed by atoms with van der Waals surface area (Å²) in [4.78, 5) is 11.9. The summed E-state index contributed by atoms with van der Waals surface area (Å²) in [6, 6.07) is 8.17. The Morgan fingerprint density at radius 1 is 1.30 bits per heavy atom. The molecule has 3 rings (SSSR count). The molecule has 0 bridgehead atoms. The van der Waals surface area contributed by atoms with E-state index in [0.717, 1.165) is 18.2 Å². The fraction of sp³-hybridized carbons (Fsp3) is 0.211. The predicted octanol–water partition coefficient (Wildman–Crippen LogP) is 4.82. The van der Waals surface area contributed by atoms with Crippen LogP contribution in [-0.4, -0.2) is 22.1 Å². The van der Waals surface area contributed by atoms with Gasteiger partial charge in [0.1, 0.15) is 5.75 Å². The molecule has 0 aliphatic rings. The van der Waals surface area contributed by atoms with Gasteiger partial charge in [-0.15, -0.1) is 13.2 Å². The van der Waals surface area contributed by atoms with E-state index in [9.17, 15) is 23.2 Å². The molecule has 1 heterocycles. The van der Waals surface area contributed by atoms with Gasteiger partial charge in [0.05, 0.1) is 28.6 Å². The number of alkyl halides is 3. The second-order valence-electron chi connectivity index (χ2n) is 6.71. The number of hydrogen-bond donors (Lipinski definition) is 1. The number of nitrogens with zero attached hydrogens (tertiary/aromatic N) is 3. The molecule has 2 aromatic carbocycles. The molecule has 2 N–H and O–H groups in total. The Bertz CT molecular complexity index is 1190. The number of amides is 1. The number of aromatic nitrogens is 2. The number of carbonyl (C=O) groups excluding carboxylic acids is 1. The molecule has 1 unspecified atom stereocenters. The quantitative estimate of drug-likeness (QED) is 0.595. The number of nitrogens with two attached hydrogens (primary N) is 1. The Morgan fingerprint density at radius 2 is 2.00 bits per heavy atom. The van der Waals surface area contributed by atoms with Gasteiger partial charge in [-0.3, -0.25) is 9.48 Å². The van der Waals surface area contributed by atoms with Gasteiger partial charge in [-0.2, -0.15) is 10.4 Å². The fourth-order valence-corrected chi connectivity index (χ4v) is 3.61. The molecule has 3 aromatic rings.